The topological polar surface area (TPSA) is 59.1 Å². The van der Waals surface area contributed by atoms with Crippen LogP contribution in [0.5, 0.6) is 5.75 Å². The van der Waals surface area contributed by atoms with Crippen molar-refractivity contribution >= 4 is 11.8 Å². The van der Waals surface area contributed by atoms with Gasteiger partial charge >= 0.3 is 0 Å². The van der Waals surface area contributed by atoms with Crippen molar-refractivity contribution in [2.75, 3.05) is 26.8 Å². The number of methoxy groups -OCH3 is 1. The Hall–Kier alpha value is -2.08. The largest absolute Gasteiger partial charge is 0.497 e. The molecule has 1 aromatic rings. The molecular weight excluding hydrogens is 332 g/mol. The molecule has 2 amide bonds. The first-order chi connectivity index (χ1) is 12.6. The third-order valence-corrected chi connectivity index (χ3v) is 6.67. The Kier molecular flexibility index (Phi) is 3.38. The SMILES string of the molecule is COc1ccc(C2(C(=O)N3CC[C@@]45OCCCN4C(=O)C[C@@H]35)CC2)cc1. The second-order valence-corrected chi connectivity index (χ2v) is 7.87. The second kappa shape index (κ2) is 5.46. The molecule has 1 spiro atoms. The summed E-state index contributed by atoms with van der Waals surface area (Å²) in [5.74, 6) is 1.08. The highest BCUT2D eigenvalue weighted by Crippen LogP contribution is 2.53. The summed E-state index contributed by atoms with van der Waals surface area (Å²) in [6.45, 7) is 2.10. The first-order valence-corrected chi connectivity index (χ1v) is 9.51. The van der Waals surface area contributed by atoms with Gasteiger partial charge in [-0.15, -0.1) is 0 Å². The Bertz CT molecular complexity index is 758. The van der Waals surface area contributed by atoms with Gasteiger partial charge in [0.25, 0.3) is 0 Å². The van der Waals surface area contributed by atoms with Crippen LogP contribution in [-0.4, -0.2) is 60.2 Å². The summed E-state index contributed by atoms with van der Waals surface area (Å²) in [7, 11) is 1.64. The smallest absolute Gasteiger partial charge is 0.233 e. The molecular formula is C20H24N2O4. The summed E-state index contributed by atoms with van der Waals surface area (Å²) in [4.78, 5) is 29.8. The molecule has 26 heavy (non-hydrogen) atoms. The van der Waals surface area contributed by atoms with Gasteiger partial charge in [0, 0.05) is 19.5 Å². The lowest BCUT2D eigenvalue weighted by Gasteiger charge is -2.42. The maximum Gasteiger partial charge on any atom is 0.233 e. The van der Waals surface area contributed by atoms with E-state index in [0.717, 1.165) is 43.5 Å². The van der Waals surface area contributed by atoms with Crippen LogP contribution in [0.3, 0.4) is 0 Å². The van der Waals surface area contributed by atoms with Crippen molar-refractivity contribution in [2.24, 2.45) is 0 Å². The minimum Gasteiger partial charge on any atom is -0.497 e. The Morgan fingerprint density at radius 2 is 1.96 bits per heavy atom. The van der Waals surface area contributed by atoms with E-state index in [-0.39, 0.29) is 17.9 Å². The fraction of sp³-hybridized carbons (Fsp3) is 0.600. The van der Waals surface area contributed by atoms with Gasteiger partial charge in [-0.1, -0.05) is 12.1 Å². The summed E-state index contributed by atoms with van der Waals surface area (Å²) in [6, 6.07) is 7.69. The number of rotatable bonds is 3. The van der Waals surface area contributed by atoms with E-state index in [1.165, 1.54) is 0 Å². The van der Waals surface area contributed by atoms with Gasteiger partial charge in [-0.3, -0.25) is 9.59 Å². The highest BCUT2D eigenvalue weighted by atomic mass is 16.5. The van der Waals surface area contributed by atoms with Crippen LogP contribution < -0.4 is 4.74 Å². The minimum atomic E-state index is -0.568. The molecule has 138 valence electrons. The lowest BCUT2D eigenvalue weighted by molar-refractivity contribution is -0.182. The normalized spacial score (nSPS) is 31.6. The summed E-state index contributed by atoms with van der Waals surface area (Å²) in [5, 5.41) is 0. The van der Waals surface area contributed by atoms with Crippen molar-refractivity contribution in [3.63, 3.8) is 0 Å². The van der Waals surface area contributed by atoms with Crippen molar-refractivity contribution in [1.29, 1.82) is 0 Å². The van der Waals surface area contributed by atoms with Gasteiger partial charge in [0.2, 0.25) is 11.8 Å². The zero-order chi connectivity index (χ0) is 17.9. The van der Waals surface area contributed by atoms with Gasteiger partial charge in [-0.2, -0.15) is 0 Å². The van der Waals surface area contributed by atoms with Gasteiger partial charge in [0.05, 0.1) is 31.6 Å². The maximum absolute atomic E-state index is 13.5. The van der Waals surface area contributed by atoms with E-state index in [1.54, 1.807) is 7.11 Å². The van der Waals surface area contributed by atoms with Crippen molar-refractivity contribution < 1.29 is 19.1 Å². The molecule has 3 heterocycles. The Morgan fingerprint density at radius 3 is 2.65 bits per heavy atom. The standard InChI is InChI=1S/C20H24N2O4/c1-25-15-5-3-14(4-6-15)19(7-8-19)18(24)21-11-9-20-16(21)13-17(23)22(20)10-2-12-26-20/h3-6,16H,2,7-13H2,1H3/t16-,20+/m1/s1. The van der Waals surface area contributed by atoms with Gasteiger partial charge in [-0.05, 0) is 37.0 Å². The number of benzene rings is 1. The molecule has 5 rings (SSSR count). The van der Waals surface area contributed by atoms with E-state index in [4.69, 9.17) is 9.47 Å². The predicted octanol–water partition coefficient (Wildman–Crippen LogP) is 1.68. The van der Waals surface area contributed by atoms with Crippen LogP contribution in [0.25, 0.3) is 0 Å². The average Bonchev–Trinajstić information content (AvgIpc) is 3.35. The predicted molar refractivity (Wildman–Crippen MR) is 93.7 cm³/mol. The fourth-order valence-electron chi connectivity index (χ4n) is 5.13. The third kappa shape index (κ3) is 2.02. The maximum atomic E-state index is 13.5. The third-order valence-electron chi connectivity index (χ3n) is 6.67. The second-order valence-electron chi connectivity index (χ2n) is 7.87. The molecule has 1 aliphatic carbocycles. The monoisotopic (exact) mass is 356 g/mol. The van der Waals surface area contributed by atoms with Crippen molar-refractivity contribution in [3.8, 4) is 5.75 Å². The summed E-state index contributed by atoms with van der Waals surface area (Å²) < 4.78 is 11.4. The molecule has 4 fully saturated rings. The average molecular weight is 356 g/mol. The first kappa shape index (κ1) is 16.1. The van der Waals surface area contributed by atoms with E-state index in [0.29, 0.717) is 19.6 Å². The number of hydrogen-bond donors (Lipinski definition) is 0. The molecule has 0 aromatic heterocycles. The van der Waals surface area contributed by atoms with Crippen LogP contribution >= 0.6 is 0 Å². The van der Waals surface area contributed by atoms with Crippen molar-refractivity contribution in [3.05, 3.63) is 29.8 Å². The van der Waals surface area contributed by atoms with Crippen molar-refractivity contribution in [2.45, 2.75) is 49.3 Å². The number of amides is 2. The number of likely N-dealkylation sites (tertiary alicyclic amines) is 1. The first-order valence-electron chi connectivity index (χ1n) is 9.51. The highest BCUT2D eigenvalue weighted by molar-refractivity contribution is 5.93. The molecule has 4 aliphatic rings. The quantitative estimate of drug-likeness (QED) is 0.827. The van der Waals surface area contributed by atoms with Crippen LogP contribution in [0.15, 0.2) is 24.3 Å². The van der Waals surface area contributed by atoms with Crippen LogP contribution in [-0.2, 0) is 19.7 Å². The number of hydrogen-bond acceptors (Lipinski definition) is 4. The Balaban J connectivity index is 1.43. The van der Waals surface area contributed by atoms with Crippen molar-refractivity contribution in [1.82, 2.24) is 9.80 Å². The minimum absolute atomic E-state index is 0.126. The van der Waals surface area contributed by atoms with Crippen LogP contribution in [0.2, 0.25) is 0 Å². The number of carbonyl (C=O) groups is 2. The van der Waals surface area contributed by atoms with Crippen LogP contribution in [0.1, 0.15) is 37.7 Å². The number of carbonyl (C=O) groups excluding carboxylic acids is 2. The molecule has 2 atom stereocenters. The zero-order valence-electron chi connectivity index (χ0n) is 15.1. The van der Waals surface area contributed by atoms with Gasteiger partial charge in [-0.25, -0.2) is 0 Å². The van der Waals surface area contributed by atoms with Gasteiger partial charge in [0.15, 0.2) is 5.72 Å². The molecule has 0 unspecified atom stereocenters. The number of ether oxygens (including phenoxy) is 2. The molecule has 0 radical (unpaired) electrons. The molecule has 1 aromatic carbocycles. The molecule has 1 saturated carbocycles. The summed E-state index contributed by atoms with van der Waals surface area (Å²) in [5.41, 5.74) is 0.0548. The van der Waals surface area contributed by atoms with E-state index >= 15 is 0 Å². The summed E-state index contributed by atoms with van der Waals surface area (Å²) >= 11 is 0. The Morgan fingerprint density at radius 1 is 1.19 bits per heavy atom. The molecule has 0 bridgehead atoms. The molecule has 3 aliphatic heterocycles. The molecule has 0 N–H and O–H groups in total. The molecule has 3 saturated heterocycles. The van der Waals surface area contributed by atoms with Gasteiger partial charge in [0.1, 0.15) is 5.75 Å². The number of nitrogens with zero attached hydrogens (tertiary/aromatic N) is 2. The summed E-state index contributed by atoms with van der Waals surface area (Å²) in [6.07, 6.45) is 3.74. The highest BCUT2D eigenvalue weighted by Gasteiger charge is 2.64. The van der Waals surface area contributed by atoms with E-state index < -0.39 is 11.1 Å². The zero-order valence-corrected chi connectivity index (χ0v) is 15.1. The van der Waals surface area contributed by atoms with Gasteiger partial charge < -0.3 is 19.3 Å². The fourth-order valence-corrected chi connectivity index (χ4v) is 5.13. The lowest BCUT2D eigenvalue weighted by atomic mass is 9.93. The lowest BCUT2D eigenvalue weighted by Crippen LogP contribution is -2.57. The molecule has 6 heteroatoms. The van der Waals surface area contributed by atoms with E-state index in [2.05, 4.69) is 0 Å². The van der Waals surface area contributed by atoms with Crippen LogP contribution in [0, 0.1) is 0 Å². The van der Waals surface area contributed by atoms with E-state index in [9.17, 15) is 9.59 Å². The Labute approximate surface area is 153 Å². The van der Waals surface area contributed by atoms with E-state index in [1.807, 2.05) is 34.1 Å². The van der Waals surface area contributed by atoms with Crippen LogP contribution in [0.4, 0.5) is 0 Å². The molecule has 6 nitrogen and oxygen atoms in total.